The van der Waals surface area contributed by atoms with Crippen LogP contribution in [0.5, 0.6) is 0 Å². The van der Waals surface area contributed by atoms with E-state index in [4.69, 9.17) is 10.8 Å². The third-order valence-corrected chi connectivity index (χ3v) is 6.11. The fourth-order valence-electron chi connectivity index (χ4n) is 4.11. The monoisotopic (exact) mass is 537 g/mol. The fourth-order valence-corrected chi connectivity index (χ4v) is 4.11. The van der Waals surface area contributed by atoms with Gasteiger partial charge in [-0.05, 0) is 23.6 Å². The van der Waals surface area contributed by atoms with Gasteiger partial charge in [-0.15, -0.1) is 0 Å². The molecule has 8 N–H and O–H groups in total. The Kier molecular flexibility index (Phi) is 10.2. The second-order valence-electron chi connectivity index (χ2n) is 8.97. The molecule has 3 amide bonds. The molecule has 3 aromatic rings. The zero-order valence-corrected chi connectivity index (χ0v) is 21.1. The smallest absolute Gasteiger partial charge is 0.326 e. The van der Waals surface area contributed by atoms with Gasteiger partial charge in [0, 0.05) is 36.4 Å². The first kappa shape index (κ1) is 28.9. The molecule has 3 atom stereocenters. The van der Waals surface area contributed by atoms with Crippen molar-refractivity contribution in [2.24, 2.45) is 5.73 Å². The third-order valence-electron chi connectivity index (χ3n) is 6.11. The summed E-state index contributed by atoms with van der Waals surface area (Å²) in [6.45, 7) is -0.375. The molecular weight excluding hydrogens is 506 g/mol. The maximum absolute atomic E-state index is 13.3. The molecule has 0 fully saturated rings. The van der Waals surface area contributed by atoms with Gasteiger partial charge < -0.3 is 36.9 Å². The Morgan fingerprint density at radius 2 is 1.44 bits per heavy atom. The van der Waals surface area contributed by atoms with E-state index in [1.54, 1.807) is 36.5 Å². The molecule has 1 aromatic heterocycles. The minimum absolute atomic E-state index is 0.0166. The number of fused-ring (bicyclic) bond motifs is 1. The Hall–Kier alpha value is -4.71. The molecule has 0 bridgehead atoms. The molecule has 0 radical (unpaired) electrons. The van der Waals surface area contributed by atoms with Crippen molar-refractivity contribution in [1.82, 2.24) is 20.9 Å². The maximum Gasteiger partial charge on any atom is 0.326 e. The van der Waals surface area contributed by atoms with E-state index in [1.807, 2.05) is 24.3 Å². The molecule has 3 rings (SSSR count). The Morgan fingerprint density at radius 3 is 2.10 bits per heavy atom. The summed E-state index contributed by atoms with van der Waals surface area (Å²) < 4.78 is 0. The van der Waals surface area contributed by atoms with Crippen molar-refractivity contribution < 1.29 is 34.2 Å². The van der Waals surface area contributed by atoms with Gasteiger partial charge in [-0.1, -0.05) is 48.5 Å². The zero-order chi connectivity index (χ0) is 28.4. The zero-order valence-electron chi connectivity index (χ0n) is 21.1. The largest absolute Gasteiger partial charge is 0.481 e. The quantitative estimate of drug-likeness (QED) is 0.152. The van der Waals surface area contributed by atoms with E-state index in [2.05, 4.69) is 20.9 Å². The number of carboxylic acid groups (broad SMARTS) is 2. The summed E-state index contributed by atoms with van der Waals surface area (Å²) >= 11 is 0. The number of carboxylic acids is 2. The standard InChI is InChI=1S/C27H31N5O7/c28-14-23(33)30-21(13-17-15-29-19-9-5-4-8-18(17)19)26(37)31-20(10-11-24(34)35)25(36)32-22(27(38)39)12-16-6-2-1-3-7-16/h1-9,15,20-22,29H,10-14,28H2,(H,30,33)(H,31,37)(H,32,36)(H,34,35)(H,38,39). The maximum atomic E-state index is 13.3. The summed E-state index contributed by atoms with van der Waals surface area (Å²) in [7, 11) is 0. The highest BCUT2D eigenvalue weighted by Gasteiger charge is 2.30. The minimum Gasteiger partial charge on any atom is -0.481 e. The number of carbonyl (C=O) groups excluding carboxylic acids is 3. The van der Waals surface area contributed by atoms with Gasteiger partial charge in [-0.3, -0.25) is 19.2 Å². The lowest BCUT2D eigenvalue weighted by Crippen LogP contribution is -2.57. The number of hydrogen-bond acceptors (Lipinski definition) is 6. The van der Waals surface area contributed by atoms with Crippen molar-refractivity contribution in [2.45, 2.75) is 43.8 Å². The number of aromatic amines is 1. The summed E-state index contributed by atoms with van der Waals surface area (Å²) in [5.41, 5.74) is 7.65. The van der Waals surface area contributed by atoms with Gasteiger partial charge in [-0.2, -0.15) is 0 Å². The summed E-state index contributed by atoms with van der Waals surface area (Å²) in [6, 6.07) is 12.2. The van der Waals surface area contributed by atoms with Crippen molar-refractivity contribution >= 4 is 40.6 Å². The van der Waals surface area contributed by atoms with Crippen molar-refractivity contribution in [3.8, 4) is 0 Å². The number of para-hydroxylation sites is 1. The Balaban J connectivity index is 1.79. The molecule has 0 spiro atoms. The molecule has 12 nitrogen and oxygen atoms in total. The third kappa shape index (κ3) is 8.40. The second kappa shape index (κ2) is 13.7. The van der Waals surface area contributed by atoms with Gasteiger partial charge in [0.1, 0.15) is 18.1 Å². The van der Waals surface area contributed by atoms with Gasteiger partial charge in [0.2, 0.25) is 17.7 Å². The van der Waals surface area contributed by atoms with E-state index in [0.717, 1.165) is 16.5 Å². The number of hydrogen-bond donors (Lipinski definition) is 7. The van der Waals surface area contributed by atoms with Gasteiger partial charge in [-0.25, -0.2) is 4.79 Å². The van der Waals surface area contributed by atoms with Crippen molar-refractivity contribution in [2.75, 3.05) is 6.54 Å². The van der Waals surface area contributed by atoms with E-state index in [-0.39, 0.29) is 25.8 Å². The van der Waals surface area contributed by atoms with E-state index in [9.17, 15) is 29.1 Å². The van der Waals surface area contributed by atoms with Crippen LogP contribution >= 0.6 is 0 Å². The average molecular weight is 538 g/mol. The van der Waals surface area contributed by atoms with E-state index < -0.39 is 54.2 Å². The molecule has 0 aliphatic carbocycles. The molecule has 1 heterocycles. The number of benzene rings is 2. The number of rotatable bonds is 14. The van der Waals surface area contributed by atoms with Crippen LogP contribution < -0.4 is 21.7 Å². The average Bonchev–Trinajstić information content (AvgIpc) is 3.33. The molecule has 3 unspecified atom stereocenters. The van der Waals surface area contributed by atoms with Gasteiger partial charge in [0.05, 0.1) is 6.54 Å². The van der Waals surface area contributed by atoms with Crippen LogP contribution in [0.2, 0.25) is 0 Å². The van der Waals surface area contributed by atoms with E-state index in [1.165, 1.54) is 0 Å². The summed E-state index contributed by atoms with van der Waals surface area (Å²) in [4.78, 5) is 64.7. The highest BCUT2D eigenvalue weighted by molar-refractivity contribution is 5.94. The predicted molar refractivity (Wildman–Crippen MR) is 142 cm³/mol. The number of nitrogens with two attached hydrogens (primary N) is 1. The number of H-pyrrole nitrogens is 1. The molecule has 2 aromatic carbocycles. The Labute approximate surface area is 224 Å². The van der Waals surface area contributed by atoms with Crippen LogP contribution in [-0.2, 0) is 36.8 Å². The predicted octanol–water partition coefficient (Wildman–Crippen LogP) is 0.316. The van der Waals surface area contributed by atoms with Crippen LogP contribution in [0.1, 0.15) is 24.0 Å². The lowest BCUT2D eigenvalue weighted by atomic mass is 10.0. The van der Waals surface area contributed by atoms with Crippen LogP contribution in [0.25, 0.3) is 10.9 Å². The van der Waals surface area contributed by atoms with Gasteiger partial charge in [0.15, 0.2) is 0 Å². The first-order chi connectivity index (χ1) is 18.7. The number of aliphatic carboxylic acids is 2. The molecule has 12 heteroatoms. The van der Waals surface area contributed by atoms with E-state index >= 15 is 0 Å². The minimum atomic E-state index is -1.37. The number of nitrogens with one attached hydrogen (secondary N) is 4. The van der Waals surface area contributed by atoms with E-state index in [0.29, 0.717) is 5.56 Å². The topological polar surface area (TPSA) is 204 Å². The number of amides is 3. The van der Waals surface area contributed by atoms with Crippen LogP contribution in [0.3, 0.4) is 0 Å². The molecule has 0 aliphatic heterocycles. The molecule has 0 saturated carbocycles. The van der Waals surface area contributed by atoms with Crippen LogP contribution in [-0.4, -0.2) is 69.5 Å². The highest BCUT2D eigenvalue weighted by atomic mass is 16.4. The number of aromatic nitrogens is 1. The van der Waals surface area contributed by atoms with Gasteiger partial charge >= 0.3 is 11.9 Å². The van der Waals surface area contributed by atoms with Crippen molar-refractivity contribution in [3.05, 3.63) is 71.9 Å². The normalized spacial score (nSPS) is 13.2. The van der Waals surface area contributed by atoms with Gasteiger partial charge in [0.25, 0.3) is 0 Å². The Morgan fingerprint density at radius 1 is 0.795 bits per heavy atom. The molecular formula is C27H31N5O7. The highest BCUT2D eigenvalue weighted by Crippen LogP contribution is 2.19. The Bertz CT molecular complexity index is 1320. The number of carbonyl (C=O) groups is 5. The summed E-state index contributed by atoms with van der Waals surface area (Å²) in [5, 5.41) is 27.1. The molecule has 0 saturated heterocycles. The van der Waals surface area contributed by atoms with Crippen LogP contribution in [0, 0.1) is 0 Å². The second-order valence-corrected chi connectivity index (χ2v) is 8.97. The SMILES string of the molecule is NCC(=O)NC(Cc1c[nH]c2ccccc12)C(=O)NC(CCC(=O)O)C(=O)NC(Cc1ccccc1)C(=O)O. The summed E-state index contributed by atoms with van der Waals surface area (Å²) in [6.07, 6.45) is 0.985. The summed E-state index contributed by atoms with van der Waals surface area (Å²) in [5.74, 6) is -4.70. The van der Waals surface area contributed by atoms with Crippen molar-refractivity contribution in [1.29, 1.82) is 0 Å². The first-order valence-electron chi connectivity index (χ1n) is 12.3. The molecule has 39 heavy (non-hydrogen) atoms. The van der Waals surface area contributed by atoms with Crippen molar-refractivity contribution in [3.63, 3.8) is 0 Å². The lowest BCUT2D eigenvalue weighted by Gasteiger charge is -2.24. The van der Waals surface area contributed by atoms with Crippen LogP contribution in [0.15, 0.2) is 60.8 Å². The molecule has 0 aliphatic rings. The molecule has 206 valence electrons. The van der Waals surface area contributed by atoms with Crippen LogP contribution in [0.4, 0.5) is 0 Å². The lowest BCUT2D eigenvalue weighted by molar-refractivity contribution is -0.143. The first-order valence-corrected chi connectivity index (χ1v) is 12.3. The fraction of sp³-hybridized carbons (Fsp3) is 0.296.